The summed E-state index contributed by atoms with van der Waals surface area (Å²) >= 11 is 0. The van der Waals surface area contributed by atoms with Gasteiger partial charge in [-0.2, -0.15) is 4.31 Å². The van der Waals surface area contributed by atoms with Gasteiger partial charge >= 0.3 is 0 Å². The molecule has 0 spiro atoms. The lowest BCUT2D eigenvalue weighted by Gasteiger charge is -2.18. The van der Waals surface area contributed by atoms with Crippen molar-refractivity contribution in [3.63, 3.8) is 0 Å². The summed E-state index contributed by atoms with van der Waals surface area (Å²) in [4.78, 5) is 10.0. The molecule has 0 aliphatic carbocycles. The molecule has 0 heterocycles. The van der Waals surface area contributed by atoms with E-state index >= 15 is 0 Å². The van der Waals surface area contributed by atoms with Crippen LogP contribution in [0.3, 0.4) is 0 Å². The number of nitro benzene ring substituents is 1. The van der Waals surface area contributed by atoms with Crippen molar-refractivity contribution >= 4 is 15.7 Å². The van der Waals surface area contributed by atoms with Gasteiger partial charge in [0.1, 0.15) is 12.4 Å². The normalized spacial score (nSPS) is 11.5. The lowest BCUT2D eigenvalue weighted by Crippen LogP contribution is -2.31. The molecule has 24 heavy (non-hydrogen) atoms. The largest absolute Gasteiger partial charge is 0.492 e. The van der Waals surface area contributed by atoms with Gasteiger partial charge in [0.2, 0.25) is 10.0 Å². The van der Waals surface area contributed by atoms with Crippen LogP contribution < -0.4 is 4.74 Å². The third-order valence-corrected chi connectivity index (χ3v) is 5.35. The Morgan fingerprint density at radius 3 is 2.54 bits per heavy atom. The van der Waals surface area contributed by atoms with Gasteiger partial charge in [0.15, 0.2) is 0 Å². The van der Waals surface area contributed by atoms with E-state index in [1.165, 1.54) is 25.2 Å². The van der Waals surface area contributed by atoms with Gasteiger partial charge in [-0.1, -0.05) is 24.3 Å². The highest BCUT2D eigenvalue weighted by Gasteiger charge is 2.22. The number of hydrogen-bond acceptors (Lipinski definition) is 5. The monoisotopic (exact) mass is 350 g/mol. The Morgan fingerprint density at radius 1 is 1.17 bits per heavy atom. The molecule has 0 aliphatic rings. The molecular formula is C16H18N2O5S. The van der Waals surface area contributed by atoms with Crippen molar-refractivity contribution in [2.45, 2.75) is 11.8 Å². The van der Waals surface area contributed by atoms with Crippen molar-refractivity contribution in [3.05, 3.63) is 64.2 Å². The van der Waals surface area contributed by atoms with Crippen molar-refractivity contribution in [2.75, 3.05) is 20.2 Å². The third-order valence-electron chi connectivity index (χ3n) is 3.49. The fourth-order valence-electron chi connectivity index (χ4n) is 2.06. The van der Waals surface area contributed by atoms with Crippen LogP contribution in [-0.2, 0) is 10.0 Å². The van der Waals surface area contributed by atoms with E-state index in [1.54, 1.807) is 0 Å². The first kappa shape index (κ1) is 17.9. The van der Waals surface area contributed by atoms with Crippen LogP contribution >= 0.6 is 0 Å². The summed E-state index contributed by atoms with van der Waals surface area (Å²) in [6.07, 6.45) is 0. The molecule has 0 amide bonds. The highest BCUT2D eigenvalue weighted by atomic mass is 32.2. The van der Waals surface area contributed by atoms with Crippen molar-refractivity contribution < 1.29 is 18.1 Å². The number of rotatable bonds is 7. The molecule has 2 aromatic rings. The van der Waals surface area contributed by atoms with E-state index in [0.717, 1.165) is 15.9 Å². The zero-order valence-electron chi connectivity index (χ0n) is 13.4. The van der Waals surface area contributed by atoms with Gasteiger partial charge in [0.05, 0.1) is 9.82 Å². The number of ether oxygens (including phenoxy) is 1. The van der Waals surface area contributed by atoms with Crippen molar-refractivity contribution in [2.24, 2.45) is 0 Å². The van der Waals surface area contributed by atoms with Gasteiger partial charge in [0.25, 0.3) is 5.69 Å². The predicted octanol–water partition coefficient (Wildman–Crippen LogP) is 2.60. The summed E-state index contributed by atoms with van der Waals surface area (Å²) in [5.74, 6) is 0.693. The van der Waals surface area contributed by atoms with Crippen LogP contribution in [0, 0.1) is 17.0 Å². The molecule has 2 rings (SSSR count). The van der Waals surface area contributed by atoms with Gasteiger partial charge in [-0.15, -0.1) is 0 Å². The molecule has 0 bridgehead atoms. The summed E-state index contributed by atoms with van der Waals surface area (Å²) in [5.41, 5.74) is 0.697. The van der Waals surface area contributed by atoms with E-state index in [9.17, 15) is 18.5 Å². The number of sulfonamides is 1. The first-order valence-corrected chi connectivity index (χ1v) is 8.65. The number of likely N-dealkylation sites (N-methyl/N-ethyl adjacent to an activating group) is 1. The lowest BCUT2D eigenvalue weighted by molar-refractivity contribution is -0.385. The molecule has 0 saturated carbocycles. The topological polar surface area (TPSA) is 89.8 Å². The number of hydrogen-bond donors (Lipinski definition) is 0. The summed E-state index contributed by atoms with van der Waals surface area (Å²) in [7, 11) is -2.40. The molecule has 7 nitrogen and oxygen atoms in total. The second kappa shape index (κ2) is 7.41. The molecule has 8 heteroatoms. The molecule has 0 unspecified atom stereocenters. The zero-order chi connectivity index (χ0) is 17.7. The van der Waals surface area contributed by atoms with Crippen LogP contribution in [0.5, 0.6) is 5.75 Å². The molecule has 0 N–H and O–H groups in total. The van der Waals surface area contributed by atoms with Crippen LogP contribution in [0.1, 0.15) is 5.56 Å². The predicted molar refractivity (Wildman–Crippen MR) is 89.6 cm³/mol. The van der Waals surface area contributed by atoms with Gasteiger partial charge in [-0.25, -0.2) is 8.42 Å². The summed E-state index contributed by atoms with van der Waals surface area (Å²) in [5, 5.41) is 10.8. The van der Waals surface area contributed by atoms with Crippen molar-refractivity contribution in [1.82, 2.24) is 4.31 Å². The van der Waals surface area contributed by atoms with Gasteiger partial charge in [-0.3, -0.25) is 10.1 Å². The maximum Gasteiger partial charge on any atom is 0.270 e. The Bertz CT molecular complexity index is 836. The number of nitro groups is 1. The number of nitrogens with zero attached hydrogens (tertiary/aromatic N) is 2. The molecule has 0 saturated heterocycles. The minimum atomic E-state index is -3.81. The lowest BCUT2D eigenvalue weighted by atomic mass is 10.2. The number of para-hydroxylation sites is 1. The van der Waals surface area contributed by atoms with Crippen molar-refractivity contribution in [3.8, 4) is 5.75 Å². The molecule has 0 atom stereocenters. The minimum absolute atomic E-state index is 0.116. The van der Waals surface area contributed by atoms with Crippen LogP contribution in [0.25, 0.3) is 0 Å². The smallest absolute Gasteiger partial charge is 0.270 e. The number of benzene rings is 2. The molecule has 0 aromatic heterocycles. The SMILES string of the molecule is Cc1ccccc1OCCN(C)S(=O)(=O)c1cccc([N+](=O)[O-])c1. The minimum Gasteiger partial charge on any atom is -0.492 e. The Balaban J connectivity index is 2.05. The van der Waals surface area contributed by atoms with Gasteiger partial charge < -0.3 is 4.74 Å². The van der Waals surface area contributed by atoms with E-state index < -0.39 is 14.9 Å². The third kappa shape index (κ3) is 4.09. The molecule has 0 aliphatic heterocycles. The Labute approximate surface area is 140 Å². The number of non-ortho nitro benzene ring substituents is 1. The zero-order valence-corrected chi connectivity index (χ0v) is 14.2. The average Bonchev–Trinajstić information content (AvgIpc) is 2.56. The van der Waals surface area contributed by atoms with Crippen LogP contribution in [-0.4, -0.2) is 37.8 Å². The highest BCUT2D eigenvalue weighted by Crippen LogP contribution is 2.20. The van der Waals surface area contributed by atoms with E-state index in [4.69, 9.17) is 4.74 Å². The first-order valence-electron chi connectivity index (χ1n) is 7.21. The Morgan fingerprint density at radius 2 is 1.88 bits per heavy atom. The molecule has 128 valence electrons. The Hall–Kier alpha value is -2.45. The standard InChI is InChI=1S/C16H18N2O5S/c1-13-6-3-4-9-16(13)23-11-10-17(2)24(21,22)15-8-5-7-14(12-15)18(19)20/h3-9,12H,10-11H2,1-2H3. The molecule has 0 fully saturated rings. The fourth-order valence-corrected chi connectivity index (χ4v) is 3.26. The second-order valence-corrected chi connectivity index (χ2v) is 7.24. The molecule has 0 radical (unpaired) electrons. The van der Waals surface area contributed by atoms with E-state index in [1.807, 2.05) is 31.2 Å². The van der Waals surface area contributed by atoms with E-state index in [-0.39, 0.29) is 23.7 Å². The van der Waals surface area contributed by atoms with E-state index in [2.05, 4.69) is 0 Å². The summed E-state index contributed by atoms with van der Waals surface area (Å²) < 4.78 is 31.6. The first-order chi connectivity index (χ1) is 11.3. The number of aryl methyl sites for hydroxylation is 1. The fraction of sp³-hybridized carbons (Fsp3) is 0.250. The summed E-state index contributed by atoms with van der Waals surface area (Å²) in [6, 6.07) is 12.4. The maximum absolute atomic E-state index is 12.5. The second-order valence-electron chi connectivity index (χ2n) is 5.19. The Kier molecular flexibility index (Phi) is 5.53. The van der Waals surface area contributed by atoms with Crippen LogP contribution in [0.15, 0.2) is 53.4 Å². The van der Waals surface area contributed by atoms with Crippen molar-refractivity contribution in [1.29, 1.82) is 0 Å². The highest BCUT2D eigenvalue weighted by molar-refractivity contribution is 7.89. The van der Waals surface area contributed by atoms with Gasteiger partial charge in [0, 0.05) is 25.7 Å². The average molecular weight is 350 g/mol. The quantitative estimate of drug-likeness (QED) is 0.565. The van der Waals surface area contributed by atoms with Crippen LogP contribution in [0.2, 0.25) is 0 Å². The maximum atomic E-state index is 12.5. The molecule has 2 aromatic carbocycles. The van der Waals surface area contributed by atoms with Gasteiger partial charge in [-0.05, 0) is 24.6 Å². The van der Waals surface area contributed by atoms with Crippen LogP contribution in [0.4, 0.5) is 5.69 Å². The summed E-state index contributed by atoms with van der Waals surface area (Å²) in [6.45, 7) is 2.20. The van der Waals surface area contributed by atoms with E-state index in [0.29, 0.717) is 5.75 Å². The molecular weight excluding hydrogens is 332 g/mol.